The number of rotatable bonds is 2. The summed E-state index contributed by atoms with van der Waals surface area (Å²) >= 11 is 0. The Balaban J connectivity index is 0. The molecule has 7 nitrogen and oxygen atoms in total. The molecule has 14 heavy (non-hydrogen) atoms. The van der Waals surface area contributed by atoms with Crippen LogP contribution >= 0.6 is 7.82 Å². The van der Waals surface area contributed by atoms with Gasteiger partial charge in [-0.2, -0.15) is 0 Å². The van der Waals surface area contributed by atoms with Crippen molar-refractivity contribution in [2.75, 3.05) is 7.11 Å². The van der Waals surface area contributed by atoms with Gasteiger partial charge in [0.2, 0.25) is 0 Å². The highest BCUT2D eigenvalue weighted by molar-refractivity contribution is 7.45. The predicted molar refractivity (Wildman–Crippen MR) is 47.1 cm³/mol. The molecule has 0 saturated heterocycles. The van der Waals surface area contributed by atoms with Gasteiger partial charge in [-0.1, -0.05) is 6.58 Å². The van der Waals surface area contributed by atoms with Crippen molar-refractivity contribution < 1.29 is 33.9 Å². The van der Waals surface area contributed by atoms with E-state index in [4.69, 9.17) is 24.4 Å². The number of aliphatic hydroxyl groups is 1. The first kappa shape index (κ1) is 15.7. The van der Waals surface area contributed by atoms with E-state index >= 15 is 0 Å². The number of hydrogen-bond acceptors (Lipinski definition) is 4. The maximum absolute atomic E-state index is 10.5. The first-order valence-electron chi connectivity index (χ1n) is 3.33. The number of hydrogen-bond donors (Lipinski definition) is 4. The summed E-state index contributed by atoms with van der Waals surface area (Å²) in [5.74, 6) is -0.565. The Morgan fingerprint density at radius 1 is 1.43 bits per heavy atom. The third-order valence-corrected chi connectivity index (χ3v) is 0.952. The predicted octanol–water partition coefficient (Wildman–Crippen LogP) is -0.832. The van der Waals surface area contributed by atoms with Gasteiger partial charge < -0.3 is 24.5 Å². The second-order valence-corrected chi connectivity index (χ2v) is 3.23. The van der Waals surface area contributed by atoms with Crippen molar-refractivity contribution in [2.24, 2.45) is 0 Å². The molecule has 0 fully saturated rings. The minimum Gasteiger partial charge on any atom is -0.466 e. The Bertz CT molecular complexity index is 232. The molecule has 0 rings (SSSR count). The molecule has 0 aromatic heterocycles. The van der Waals surface area contributed by atoms with Crippen LogP contribution in [-0.4, -0.2) is 39.0 Å². The minimum atomic E-state index is -4.64. The van der Waals surface area contributed by atoms with E-state index in [2.05, 4.69) is 11.3 Å². The Labute approximate surface area is 80.9 Å². The molecule has 0 aromatic rings. The lowest BCUT2D eigenvalue weighted by Crippen LogP contribution is -2.14. The van der Waals surface area contributed by atoms with Crippen LogP contribution < -0.4 is 0 Å². The zero-order valence-corrected chi connectivity index (χ0v) is 8.64. The third-order valence-electron chi connectivity index (χ3n) is 0.952. The lowest BCUT2D eigenvalue weighted by Gasteiger charge is -2.03. The summed E-state index contributed by atoms with van der Waals surface area (Å²) in [6.07, 6.45) is -0.822. The molecule has 0 radical (unpaired) electrons. The Morgan fingerprint density at radius 3 is 1.79 bits per heavy atom. The highest BCUT2D eigenvalue weighted by atomic mass is 31.2. The quantitative estimate of drug-likeness (QED) is 0.276. The highest BCUT2D eigenvalue weighted by Crippen LogP contribution is 2.25. The van der Waals surface area contributed by atoms with Crippen LogP contribution in [-0.2, 0) is 14.1 Å². The topological polar surface area (TPSA) is 124 Å². The van der Waals surface area contributed by atoms with Gasteiger partial charge in [0.25, 0.3) is 0 Å². The van der Waals surface area contributed by atoms with Crippen molar-refractivity contribution in [2.45, 2.75) is 13.0 Å². The van der Waals surface area contributed by atoms with Crippen LogP contribution in [0.25, 0.3) is 0 Å². The van der Waals surface area contributed by atoms with Crippen molar-refractivity contribution >= 4 is 13.8 Å². The summed E-state index contributed by atoms with van der Waals surface area (Å²) in [5, 5.41) is 8.72. The molecule has 0 bridgehead atoms. The molecule has 84 valence electrons. The van der Waals surface area contributed by atoms with E-state index in [9.17, 15) is 4.79 Å². The fourth-order valence-electron chi connectivity index (χ4n) is 0.302. The summed E-state index contributed by atoms with van der Waals surface area (Å²) in [7, 11) is -3.39. The van der Waals surface area contributed by atoms with Crippen molar-refractivity contribution in [1.29, 1.82) is 0 Å². The van der Waals surface area contributed by atoms with E-state index in [0.717, 1.165) is 0 Å². The molecule has 8 heteroatoms. The number of ether oxygens (including phenoxy) is 1. The summed E-state index contributed by atoms with van der Waals surface area (Å²) < 4.78 is 13.2. The molecule has 0 aliphatic rings. The molecule has 1 atom stereocenters. The first-order valence-corrected chi connectivity index (χ1v) is 4.89. The smallest absolute Gasteiger partial charge is 0.466 e. The molecule has 1 unspecified atom stereocenters. The standard InChI is InChI=1S/C6H10O3.H3O4P/c1-4(5(2)7)6(8)9-3;1-5(2,3)4/h5,7H,1H2,2-3H3;(H3,1,2,3,4). The third kappa shape index (κ3) is 13.8. The van der Waals surface area contributed by atoms with Crippen LogP contribution in [0.1, 0.15) is 6.92 Å². The lowest BCUT2D eigenvalue weighted by atomic mass is 10.2. The summed E-state index contributed by atoms with van der Waals surface area (Å²) in [4.78, 5) is 32.0. The molecule has 0 aromatic carbocycles. The van der Waals surface area contributed by atoms with E-state index < -0.39 is 19.9 Å². The maximum atomic E-state index is 10.5. The average molecular weight is 228 g/mol. The van der Waals surface area contributed by atoms with Crippen LogP contribution in [0.15, 0.2) is 12.2 Å². The summed E-state index contributed by atoms with van der Waals surface area (Å²) in [6, 6.07) is 0. The molecular formula is C6H13O7P. The molecule has 4 N–H and O–H groups in total. The zero-order chi connectivity index (χ0) is 11.9. The first-order chi connectivity index (χ1) is 6.09. The van der Waals surface area contributed by atoms with Gasteiger partial charge in [0.05, 0.1) is 18.8 Å². The van der Waals surface area contributed by atoms with Crippen LogP contribution in [0.2, 0.25) is 0 Å². The fraction of sp³-hybridized carbons (Fsp3) is 0.500. The molecular weight excluding hydrogens is 215 g/mol. The maximum Gasteiger partial charge on any atom is 0.466 e. The Hall–Kier alpha value is -0.720. The van der Waals surface area contributed by atoms with Gasteiger partial charge in [-0.05, 0) is 6.92 Å². The largest absolute Gasteiger partial charge is 0.466 e. The number of phosphoric acid groups is 1. The van der Waals surface area contributed by atoms with E-state index in [1.165, 1.54) is 14.0 Å². The van der Waals surface area contributed by atoms with Crippen molar-refractivity contribution in [3.63, 3.8) is 0 Å². The zero-order valence-electron chi connectivity index (χ0n) is 7.75. The van der Waals surface area contributed by atoms with E-state index in [1.807, 2.05) is 0 Å². The van der Waals surface area contributed by atoms with Gasteiger partial charge in [-0.25, -0.2) is 9.36 Å². The monoisotopic (exact) mass is 228 g/mol. The van der Waals surface area contributed by atoms with Crippen LogP contribution in [0.3, 0.4) is 0 Å². The number of esters is 1. The van der Waals surface area contributed by atoms with Crippen LogP contribution in [0, 0.1) is 0 Å². The Kier molecular flexibility index (Phi) is 7.52. The molecule has 0 saturated carbocycles. The van der Waals surface area contributed by atoms with Gasteiger partial charge >= 0.3 is 13.8 Å². The molecule has 0 amide bonds. The Morgan fingerprint density at radius 2 is 1.71 bits per heavy atom. The second-order valence-electron chi connectivity index (χ2n) is 2.21. The normalized spacial score (nSPS) is 12.1. The number of carbonyl (C=O) groups excluding carboxylic acids is 1. The van der Waals surface area contributed by atoms with Crippen molar-refractivity contribution in [3.8, 4) is 0 Å². The molecule has 0 heterocycles. The number of carbonyl (C=O) groups is 1. The van der Waals surface area contributed by atoms with Gasteiger partial charge in [-0.3, -0.25) is 0 Å². The van der Waals surface area contributed by atoms with Crippen molar-refractivity contribution in [3.05, 3.63) is 12.2 Å². The van der Waals surface area contributed by atoms with E-state index in [1.54, 1.807) is 0 Å². The van der Waals surface area contributed by atoms with Crippen LogP contribution in [0.4, 0.5) is 0 Å². The summed E-state index contributed by atoms with van der Waals surface area (Å²) in [6.45, 7) is 4.76. The SMILES string of the molecule is C=C(C(=O)OC)C(C)O.O=P(O)(O)O. The molecule has 0 aliphatic carbocycles. The molecule has 0 spiro atoms. The summed E-state index contributed by atoms with van der Waals surface area (Å²) in [5.41, 5.74) is 0.0810. The second kappa shape index (κ2) is 6.69. The van der Waals surface area contributed by atoms with Crippen LogP contribution in [0.5, 0.6) is 0 Å². The highest BCUT2D eigenvalue weighted by Gasteiger charge is 2.10. The fourth-order valence-corrected chi connectivity index (χ4v) is 0.302. The minimum absolute atomic E-state index is 0.0810. The van der Waals surface area contributed by atoms with Crippen molar-refractivity contribution in [1.82, 2.24) is 0 Å². The molecule has 0 aliphatic heterocycles. The average Bonchev–Trinajstić information content (AvgIpc) is 1.98. The van der Waals surface area contributed by atoms with E-state index in [-0.39, 0.29) is 5.57 Å². The van der Waals surface area contributed by atoms with E-state index in [0.29, 0.717) is 0 Å². The van der Waals surface area contributed by atoms with Gasteiger partial charge in [-0.15, -0.1) is 0 Å². The van der Waals surface area contributed by atoms with Gasteiger partial charge in [0, 0.05) is 0 Å². The number of aliphatic hydroxyl groups excluding tert-OH is 1. The van der Waals surface area contributed by atoms with Gasteiger partial charge in [0.1, 0.15) is 0 Å². The van der Waals surface area contributed by atoms with Gasteiger partial charge in [0.15, 0.2) is 0 Å². The number of methoxy groups -OCH3 is 1. The lowest BCUT2D eigenvalue weighted by molar-refractivity contribution is -0.137.